The average Bonchev–Trinajstić information content (AvgIpc) is 2.27. The first-order valence-electron chi connectivity index (χ1n) is 5.65. The number of nitrogens with zero attached hydrogens (tertiary/aromatic N) is 2. The smallest absolute Gasteiger partial charge is 0.307 e. The molecule has 0 saturated heterocycles. The molecule has 0 amide bonds. The van der Waals surface area contributed by atoms with Gasteiger partial charge in [-0.3, -0.25) is 14.9 Å². The second kappa shape index (κ2) is 6.24. The number of carboxylic acid groups (broad SMARTS) is 1. The van der Waals surface area contributed by atoms with Gasteiger partial charge in [-0.25, -0.2) is 0 Å². The molecule has 0 aliphatic rings. The molecule has 1 N–H and O–H groups in total. The first kappa shape index (κ1) is 15.0. The molecule has 1 rings (SSSR count). The summed E-state index contributed by atoms with van der Waals surface area (Å²) in [6.45, 7) is 2.22. The summed E-state index contributed by atoms with van der Waals surface area (Å²) >= 11 is 0. The maximum absolute atomic E-state index is 13.4. The molecule has 1 aromatic carbocycles. The van der Waals surface area contributed by atoms with Gasteiger partial charge in [0.05, 0.1) is 10.8 Å². The van der Waals surface area contributed by atoms with Gasteiger partial charge in [0.2, 0.25) is 5.82 Å². The van der Waals surface area contributed by atoms with Crippen LogP contribution in [-0.2, 0) is 11.3 Å². The lowest BCUT2D eigenvalue weighted by Gasteiger charge is -2.18. The number of halogens is 1. The lowest BCUT2D eigenvalue weighted by atomic mass is 10.1. The molecule has 1 unspecified atom stereocenters. The summed E-state index contributed by atoms with van der Waals surface area (Å²) < 4.78 is 13.4. The van der Waals surface area contributed by atoms with Crippen molar-refractivity contribution >= 4 is 11.7 Å². The second-order valence-corrected chi connectivity index (χ2v) is 4.48. The summed E-state index contributed by atoms with van der Waals surface area (Å²) in [6, 6.07) is 3.67. The Balaban J connectivity index is 2.70. The third kappa shape index (κ3) is 4.29. The highest BCUT2D eigenvalue weighted by Gasteiger charge is 2.16. The molecule has 6 nitrogen and oxygen atoms in total. The van der Waals surface area contributed by atoms with E-state index in [1.807, 2.05) is 0 Å². The van der Waals surface area contributed by atoms with Crippen molar-refractivity contribution in [3.8, 4) is 0 Å². The Morgan fingerprint density at radius 2 is 2.21 bits per heavy atom. The van der Waals surface area contributed by atoms with Crippen LogP contribution in [0.4, 0.5) is 10.1 Å². The molecule has 0 heterocycles. The summed E-state index contributed by atoms with van der Waals surface area (Å²) in [5.41, 5.74) is -0.00602. The predicted octanol–water partition coefficient (Wildman–Crippen LogP) is 1.89. The minimum absolute atomic E-state index is 0.313. The van der Waals surface area contributed by atoms with E-state index < -0.39 is 28.3 Å². The van der Waals surface area contributed by atoms with Crippen molar-refractivity contribution < 1.29 is 19.2 Å². The van der Waals surface area contributed by atoms with Gasteiger partial charge in [-0.05, 0) is 18.7 Å². The van der Waals surface area contributed by atoms with Gasteiger partial charge in [0.1, 0.15) is 0 Å². The van der Waals surface area contributed by atoms with E-state index >= 15 is 0 Å². The summed E-state index contributed by atoms with van der Waals surface area (Å²) in [5, 5.41) is 19.2. The fraction of sp³-hybridized carbons (Fsp3) is 0.417. The van der Waals surface area contributed by atoms with Crippen molar-refractivity contribution in [1.29, 1.82) is 0 Å². The maximum atomic E-state index is 13.4. The van der Waals surface area contributed by atoms with E-state index in [0.717, 1.165) is 12.1 Å². The van der Waals surface area contributed by atoms with Crippen LogP contribution in [0.15, 0.2) is 18.2 Å². The van der Waals surface area contributed by atoms with Gasteiger partial charge in [0.15, 0.2) is 0 Å². The number of nitro benzene ring substituents is 1. The molecule has 7 heteroatoms. The number of carboxylic acids is 1. The highest BCUT2D eigenvalue weighted by atomic mass is 19.1. The maximum Gasteiger partial charge on any atom is 0.307 e. The largest absolute Gasteiger partial charge is 0.481 e. The Morgan fingerprint density at radius 1 is 1.58 bits per heavy atom. The van der Waals surface area contributed by atoms with Gasteiger partial charge in [0.25, 0.3) is 0 Å². The monoisotopic (exact) mass is 270 g/mol. The number of rotatable bonds is 6. The van der Waals surface area contributed by atoms with E-state index in [9.17, 15) is 19.3 Å². The zero-order valence-corrected chi connectivity index (χ0v) is 10.7. The van der Waals surface area contributed by atoms with E-state index in [2.05, 4.69) is 0 Å². The molecule has 0 bridgehead atoms. The number of hydrogen-bond donors (Lipinski definition) is 1. The summed E-state index contributed by atoms with van der Waals surface area (Å²) in [6.07, 6.45) is 0. The number of benzene rings is 1. The Labute approximate surface area is 109 Å². The standard InChI is InChI=1S/C12H15FN2O4/c1-8(12(16)17)6-14(2)7-9-3-4-11(15(18)19)10(13)5-9/h3-5,8H,6-7H2,1-2H3,(H,16,17). The van der Waals surface area contributed by atoms with Gasteiger partial charge in [0, 0.05) is 19.2 Å². The third-order valence-electron chi connectivity index (χ3n) is 2.67. The highest BCUT2D eigenvalue weighted by Crippen LogP contribution is 2.18. The van der Waals surface area contributed by atoms with Crippen molar-refractivity contribution in [2.24, 2.45) is 5.92 Å². The van der Waals surface area contributed by atoms with Crippen LogP contribution in [0.25, 0.3) is 0 Å². The first-order valence-corrected chi connectivity index (χ1v) is 5.65. The molecular formula is C12H15FN2O4. The van der Waals surface area contributed by atoms with Crippen molar-refractivity contribution in [1.82, 2.24) is 4.90 Å². The zero-order chi connectivity index (χ0) is 14.6. The lowest BCUT2D eigenvalue weighted by Crippen LogP contribution is -2.28. The molecule has 0 saturated carbocycles. The Bertz CT molecular complexity index is 493. The predicted molar refractivity (Wildman–Crippen MR) is 66.2 cm³/mol. The van der Waals surface area contributed by atoms with Crippen molar-refractivity contribution in [2.75, 3.05) is 13.6 Å². The second-order valence-electron chi connectivity index (χ2n) is 4.48. The van der Waals surface area contributed by atoms with E-state index in [-0.39, 0.29) is 0 Å². The van der Waals surface area contributed by atoms with Crippen LogP contribution in [0.1, 0.15) is 12.5 Å². The van der Waals surface area contributed by atoms with Crippen LogP contribution in [0.3, 0.4) is 0 Å². The van der Waals surface area contributed by atoms with Crippen LogP contribution in [0.2, 0.25) is 0 Å². The molecule has 104 valence electrons. The Hall–Kier alpha value is -2.02. The van der Waals surface area contributed by atoms with Crippen molar-refractivity contribution in [3.63, 3.8) is 0 Å². The van der Waals surface area contributed by atoms with Crippen LogP contribution >= 0.6 is 0 Å². The quantitative estimate of drug-likeness (QED) is 0.630. The van der Waals surface area contributed by atoms with Crippen molar-refractivity contribution in [3.05, 3.63) is 39.7 Å². The van der Waals surface area contributed by atoms with E-state index in [1.54, 1.807) is 18.9 Å². The van der Waals surface area contributed by atoms with E-state index in [4.69, 9.17) is 5.11 Å². The molecule has 0 radical (unpaired) electrons. The highest BCUT2D eigenvalue weighted by molar-refractivity contribution is 5.69. The number of nitro groups is 1. The Kier molecular flexibility index (Phi) is 4.94. The molecule has 1 aromatic rings. The number of aliphatic carboxylic acids is 1. The fourth-order valence-corrected chi connectivity index (χ4v) is 1.72. The topological polar surface area (TPSA) is 83.7 Å². The van der Waals surface area contributed by atoms with Crippen LogP contribution in [0.5, 0.6) is 0 Å². The zero-order valence-electron chi connectivity index (χ0n) is 10.7. The summed E-state index contributed by atoms with van der Waals surface area (Å²) in [5.74, 6) is -2.32. The van der Waals surface area contributed by atoms with Crippen LogP contribution in [-0.4, -0.2) is 34.5 Å². The molecule has 0 fully saturated rings. The summed E-state index contributed by atoms with van der Waals surface area (Å²) in [7, 11) is 1.71. The van der Waals surface area contributed by atoms with Crippen LogP contribution < -0.4 is 0 Å². The summed E-state index contributed by atoms with van der Waals surface area (Å²) in [4.78, 5) is 22.1. The minimum atomic E-state index is -0.901. The number of carbonyl (C=O) groups is 1. The molecule has 0 aliphatic heterocycles. The van der Waals surface area contributed by atoms with Gasteiger partial charge in [-0.2, -0.15) is 4.39 Å². The van der Waals surface area contributed by atoms with E-state index in [0.29, 0.717) is 18.7 Å². The molecule has 19 heavy (non-hydrogen) atoms. The molecule has 1 atom stereocenters. The van der Waals surface area contributed by atoms with Gasteiger partial charge in [-0.15, -0.1) is 0 Å². The SMILES string of the molecule is CC(CN(C)Cc1ccc([N+](=O)[O-])c(F)c1)C(=O)O. The third-order valence-corrected chi connectivity index (χ3v) is 2.67. The van der Waals surface area contributed by atoms with Gasteiger partial charge in [-0.1, -0.05) is 13.0 Å². The molecule has 0 aromatic heterocycles. The molecule has 0 spiro atoms. The van der Waals surface area contributed by atoms with Crippen LogP contribution in [0, 0.1) is 21.8 Å². The van der Waals surface area contributed by atoms with Gasteiger partial charge >= 0.3 is 11.7 Å². The fourth-order valence-electron chi connectivity index (χ4n) is 1.72. The normalized spacial score (nSPS) is 12.4. The molecule has 0 aliphatic carbocycles. The lowest BCUT2D eigenvalue weighted by molar-refractivity contribution is -0.387. The number of hydrogen-bond acceptors (Lipinski definition) is 4. The van der Waals surface area contributed by atoms with E-state index in [1.165, 1.54) is 6.07 Å². The molecular weight excluding hydrogens is 255 g/mol. The van der Waals surface area contributed by atoms with Gasteiger partial charge < -0.3 is 10.0 Å². The average molecular weight is 270 g/mol. The Morgan fingerprint density at radius 3 is 2.68 bits per heavy atom. The first-order chi connectivity index (χ1) is 8.81. The van der Waals surface area contributed by atoms with Crippen molar-refractivity contribution in [2.45, 2.75) is 13.5 Å². The minimum Gasteiger partial charge on any atom is -0.481 e.